The van der Waals surface area contributed by atoms with Crippen molar-refractivity contribution < 1.29 is 29.4 Å². The molecule has 10 heteroatoms. The molecule has 0 radical (unpaired) electrons. The molecule has 1 unspecified atom stereocenters. The topological polar surface area (TPSA) is 127 Å². The first kappa shape index (κ1) is 27.6. The summed E-state index contributed by atoms with van der Waals surface area (Å²) in [5.41, 5.74) is 2.11. The molecule has 4 rings (SSSR count). The van der Waals surface area contributed by atoms with Crippen molar-refractivity contribution in [1.82, 2.24) is 15.1 Å². The summed E-state index contributed by atoms with van der Waals surface area (Å²) < 4.78 is 0. The van der Waals surface area contributed by atoms with Crippen molar-refractivity contribution in [3.05, 3.63) is 94.2 Å². The van der Waals surface area contributed by atoms with E-state index in [1.807, 2.05) is 90.0 Å². The summed E-state index contributed by atoms with van der Waals surface area (Å²) in [4.78, 5) is 48.7. The Labute approximate surface area is 219 Å². The van der Waals surface area contributed by atoms with Gasteiger partial charge in [0.15, 0.2) is 0 Å². The number of carboxylic acids is 2. The molecule has 2 heterocycles. The molecule has 2 aromatic carbocycles. The molecule has 194 valence electrons. The zero-order valence-corrected chi connectivity index (χ0v) is 21.1. The molecule has 37 heavy (non-hydrogen) atoms. The Bertz CT molecular complexity index is 1130. The third-order valence-corrected chi connectivity index (χ3v) is 6.85. The lowest BCUT2D eigenvalue weighted by Gasteiger charge is -2.37. The van der Waals surface area contributed by atoms with E-state index in [-0.39, 0.29) is 23.9 Å². The summed E-state index contributed by atoms with van der Waals surface area (Å²) in [6.45, 7) is 4.59. The zero-order chi connectivity index (χ0) is 26.8. The van der Waals surface area contributed by atoms with Crippen molar-refractivity contribution in [3.8, 4) is 0 Å². The van der Waals surface area contributed by atoms with Crippen LogP contribution in [0.2, 0.25) is 0 Å². The first-order chi connectivity index (χ1) is 17.8. The van der Waals surface area contributed by atoms with Gasteiger partial charge in [-0.2, -0.15) is 0 Å². The van der Waals surface area contributed by atoms with Crippen molar-refractivity contribution in [1.29, 1.82) is 0 Å². The maximum absolute atomic E-state index is 13.2. The van der Waals surface area contributed by atoms with Crippen LogP contribution in [0.4, 0.5) is 0 Å². The van der Waals surface area contributed by atoms with E-state index in [1.165, 1.54) is 11.3 Å². The molecule has 0 aliphatic carbocycles. The first-order valence-corrected chi connectivity index (χ1v) is 12.6. The minimum atomic E-state index is -1.82. The van der Waals surface area contributed by atoms with Crippen LogP contribution in [0.1, 0.15) is 33.8 Å². The molecule has 1 aromatic heterocycles. The second-order valence-electron chi connectivity index (χ2n) is 8.35. The molecule has 1 aliphatic heterocycles. The zero-order valence-electron chi connectivity index (χ0n) is 20.3. The predicted molar refractivity (Wildman–Crippen MR) is 139 cm³/mol. The summed E-state index contributed by atoms with van der Waals surface area (Å²) in [6.07, 6.45) is 0. The number of hydrogen-bond donors (Lipinski definition) is 3. The highest BCUT2D eigenvalue weighted by Crippen LogP contribution is 2.22. The van der Waals surface area contributed by atoms with E-state index in [2.05, 4.69) is 10.2 Å². The highest BCUT2D eigenvalue weighted by Gasteiger charge is 2.29. The van der Waals surface area contributed by atoms with Crippen molar-refractivity contribution in [2.45, 2.75) is 19.0 Å². The van der Waals surface area contributed by atoms with Crippen LogP contribution >= 0.6 is 11.3 Å². The quantitative estimate of drug-likeness (QED) is 0.424. The van der Waals surface area contributed by atoms with Crippen molar-refractivity contribution in [2.75, 3.05) is 26.2 Å². The number of benzene rings is 2. The van der Waals surface area contributed by atoms with Gasteiger partial charge in [0.25, 0.3) is 5.91 Å². The number of carbonyl (C=O) groups excluding carboxylic acids is 2. The Morgan fingerprint density at radius 2 is 1.30 bits per heavy atom. The van der Waals surface area contributed by atoms with Crippen LogP contribution in [0.15, 0.2) is 78.2 Å². The second-order valence-corrected chi connectivity index (χ2v) is 9.30. The van der Waals surface area contributed by atoms with Gasteiger partial charge in [-0.1, -0.05) is 66.7 Å². The average Bonchev–Trinajstić information content (AvgIpc) is 3.47. The fourth-order valence-electron chi connectivity index (χ4n) is 3.95. The Morgan fingerprint density at radius 1 is 0.784 bits per heavy atom. The van der Waals surface area contributed by atoms with Crippen LogP contribution in [0.5, 0.6) is 0 Å². The van der Waals surface area contributed by atoms with E-state index in [4.69, 9.17) is 19.8 Å². The molecule has 9 nitrogen and oxygen atoms in total. The SMILES string of the molecule is CC(C(=O)NC(c1ccccc1)c1ccccc1)N1CCN(C(=O)c2cccs2)CC1.O=C(O)C(=O)O. The number of nitrogens with one attached hydrogen (secondary N) is 1. The monoisotopic (exact) mass is 523 g/mol. The molecular weight excluding hydrogens is 494 g/mol. The molecule has 1 atom stereocenters. The molecule has 1 fully saturated rings. The summed E-state index contributed by atoms with van der Waals surface area (Å²) >= 11 is 1.47. The summed E-state index contributed by atoms with van der Waals surface area (Å²) in [6, 6.07) is 23.4. The Morgan fingerprint density at radius 3 is 1.73 bits per heavy atom. The predicted octanol–water partition coefficient (Wildman–Crippen LogP) is 2.96. The third kappa shape index (κ3) is 7.73. The van der Waals surface area contributed by atoms with Crippen molar-refractivity contribution in [2.24, 2.45) is 0 Å². The third-order valence-electron chi connectivity index (χ3n) is 6.00. The number of carboxylic acid groups (broad SMARTS) is 2. The standard InChI is InChI=1S/C25H27N3O2S.C2H2O4/c1-19(27-14-16-28(17-15-27)25(30)22-13-8-18-31-22)24(29)26-23(20-9-4-2-5-10-20)21-11-6-3-7-12-21;3-1(4)2(5)6/h2-13,18-19,23H,14-17H2,1H3,(H,26,29);(H,3,4)(H,5,6). The van der Waals surface area contributed by atoms with Gasteiger partial charge in [-0.25, -0.2) is 9.59 Å². The van der Waals surface area contributed by atoms with Crippen molar-refractivity contribution >= 4 is 35.1 Å². The van der Waals surface area contributed by atoms with Crippen LogP contribution in [0.3, 0.4) is 0 Å². The fourth-order valence-corrected chi connectivity index (χ4v) is 4.64. The van der Waals surface area contributed by atoms with Gasteiger partial charge >= 0.3 is 11.9 Å². The van der Waals surface area contributed by atoms with E-state index >= 15 is 0 Å². The molecule has 0 saturated carbocycles. The van der Waals surface area contributed by atoms with E-state index in [9.17, 15) is 9.59 Å². The van der Waals surface area contributed by atoms with Gasteiger partial charge in [-0.3, -0.25) is 14.5 Å². The summed E-state index contributed by atoms with van der Waals surface area (Å²) in [5.74, 6) is -3.57. The Balaban J connectivity index is 0.000000568. The van der Waals surface area contributed by atoms with E-state index in [1.54, 1.807) is 0 Å². The lowest BCUT2D eigenvalue weighted by molar-refractivity contribution is -0.159. The van der Waals surface area contributed by atoms with Gasteiger partial charge in [0.05, 0.1) is 17.0 Å². The van der Waals surface area contributed by atoms with E-state index < -0.39 is 11.9 Å². The average molecular weight is 524 g/mol. The smallest absolute Gasteiger partial charge is 0.414 e. The molecule has 0 spiro atoms. The molecule has 3 aromatic rings. The van der Waals surface area contributed by atoms with Crippen LogP contribution < -0.4 is 5.32 Å². The largest absolute Gasteiger partial charge is 0.473 e. The number of piperazine rings is 1. The van der Waals surface area contributed by atoms with Crippen molar-refractivity contribution in [3.63, 3.8) is 0 Å². The van der Waals surface area contributed by atoms with Gasteiger partial charge in [0, 0.05) is 26.2 Å². The van der Waals surface area contributed by atoms with E-state index in [0.717, 1.165) is 16.0 Å². The molecular formula is C27H29N3O6S. The first-order valence-electron chi connectivity index (χ1n) is 11.7. The number of hydrogen-bond acceptors (Lipinski definition) is 6. The molecule has 0 bridgehead atoms. The maximum Gasteiger partial charge on any atom is 0.414 e. The molecule has 1 saturated heterocycles. The molecule has 2 amide bonds. The van der Waals surface area contributed by atoms with Gasteiger partial charge in [-0.15, -0.1) is 11.3 Å². The Hall–Kier alpha value is -4.02. The van der Waals surface area contributed by atoms with E-state index in [0.29, 0.717) is 26.2 Å². The molecule has 3 N–H and O–H groups in total. The minimum absolute atomic E-state index is 0.00394. The van der Waals surface area contributed by atoms with Crippen LogP contribution in [0.25, 0.3) is 0 Å². The lowest BCUT2D eigenvalue weighted by Crippen LogP contribution is -2.55. The van der Waals surface area contributed by atoms with Crippen LogP contribution in [-0.2, 0) is 14.4 Å². The fraction of sp³-hybridized carbons (Fsp3) is 0.259. The maximum atomic E-state index is 13.2. The summed E-state index contributed by atoms with van der Waals surface area (Å²) in [7, 11) is 0. The number of amides is 2. The summed E-state index contributed by atoms with van der Waals surface area (Å²) in [5, 5.41) is 19.9. The lowest BCUT2D eigenvalue weighted by atomic mass is 9.98. The number of thiophene rings is 1. The molecule has 1 aliphatic rings. The second kappa shape index (κ2) is 13.3. The highest BCUT2D eigenvalue weighted by atomic mass is 32.1. The van der Waals surface area contributed by atoms with Gasteiger partial charge in [-0.05, 0) is 29.5 Å². The normalized spacial score (nSPS) is 14.3. The minimum Gasteiger partial charge on any atom is -0.473 e. The number of carbonyl (C=O) groups is 4. The highest BCUT2D eigenvalue weighted by molar-refractivity contribution is 7.12. The Kier molecular flexibility index (Phi) is 9.93. The number of aliphatic carboxylic acids is 2. The number of rotatable bonds is 6. The van der Waals surface area contributed by atoms with Crippen LogP contribution in [0, 0.1) is 0 Å². The van der Waals surface area contributed by atoms with Gasteiger partial charge in [0.2, 0.25) is 5.91 Å². The number of nitrogens with zero attached hydrogens (tertiary/aromatic N) is 2. The van der Waals surface area contributed by atoms with Crippen LogP contribution in [-0.4, -0.2) is 76.0 Å². The van der Waals surface area contributed by atoms with Gasteiger partial charge in [0.1, 0.15) is 0 Å². The van der Waals surface area contributed by atoms with Gasteiger partial charge < -0.3 is 20.4 Å².